The van der Waals surface area contributed by atoms with Crippen molar-refractivity contribution in [2.45, 2.75) is 0 Å². The van der Waals surface area contributed by atoms with Crippen LogP contribution >= 0.6 is 46.4 Å². The van der Waals surface area contributed by atoms with Crippen LogP contribution in [0, 0.1) is 0 Å². The van der Waals surface area contributed by atoms with Crippen LogP contribution in [-0.4, -0.2) is 16.0 Å². The summed E-state index contributed by atoms with van der Waals surface area (Å²) in [5.41, 5.74) is 0.523. The molecule has 100 valence electrons. The Balaban J connectivity index is 2.24. The van der Waals surface area contributed by atoms with Gasteiger partial charge in [-0.3, -0.25) is 4.79 Å². The third-order valence-corrected chi connectivity index (χ3v) is 3.51. The van der Waals surface area contributed by atoms with Crippen LogP contribution in [0.3, 0.4) is 0 Å². The van der Waals surface area contributed by atoms with Gasteiger partial charge in [-0.2, -0.15) is 0 Å². The predicted molar refractivity (Wildman–Crippen MR) is 76.9 cm³/mol. The van der Waals surface area contributed by atoms with Crippen molar-refractivity contribution >= 4 is 58.0 Å². The molecule has 0 aliphatic carbocycles. The molecule has 0 aliphatic rings. The number of phenolic OH excluding ortho intramolecular Hbond substituents is 1. The second-order valence-electron chi connectivity index (χ2n) is 3.59. The highest BCUT2D eigenvalue weighted by Gasteiger charge is 2.13. The van der Waals surface area contributed by atoms with Crippen molar-refractivity contribution in [3.63, 3.8) is 0 Å². The molecule has 0 atom stereocenters. The molecule has 8 heteroatoms. The minimum atomic E-state index is -0.466. The number of amides is 1. The number of aromatic nitrogens is 1. The molecule has 1 aromatic carbocycles. The number of aromatic hydroxyl groups is 1. The normalized spacial score (nSPS) is 10.5. The Morgan fingerprint density at radius 3 is 2.11 bits per heavy atom. The van der Waals surface area contributed by atoms with E-state index in [0.29, 0.717) is 5.69 Å². The fourth-order valence-electron chi connectivity index (χ4n) is 1.36. The summed E-state index contributed by atoms with van der Waals surface area (Å²) in [7, 11) is 0. The first-order valence-corrected chi connectivity index (χ1v) is 6.43. The summed E-state index contributed by atoms with van der Waals surface area (Å²) >= 11 is 22.9. The van der Waals surface area contributed by atoms with E-state index >= 15 is 0 Å². The van der Waals surface area contributed by atoms with Crippen LogP contribution in [0.1, 0.15) is 10.5 Å². The highest BCUT2D eigenvalue weighted by molar-refractivity contribution is 6.42. The first-order chi connectivity index (χ1) is 8.88. The van der Waals surface area contributed by atoms with Crippen LogP contribution in [0.2, 0.25) is 20.2 Å². The van der Waals surface area contributed by atoms with Gasteiger partial charge in [0.1, 0.15) is 10.8 Å². The Hall–Kier alpha value is -1.07. The van der Waals surface area contributed by atoms with E-state index in [4.69, 9.17) is 46.4 Å². The van der Waals surface area contributed by atoms with Crippen LogP contribution in [0.15, 0.2) is 18.2 Å². The molecular formula is C11H6Cl4N2O2. The van der Waals surface area contributed by atoms with Gasteiger partial charge in [0, 0.05) is 5.69 Å². The summed E-state index contributed by atoms with van der Waals surface area (Å²) < 4.78 is 0. The van der Waals surface area contributed by atoms with Crippen molar-refractivity contribution < 1.29 is 9.90 Å². The quantitative estimate of drug-likeness (QED) is 0.701. The molecule has 0 fully saturated rings. The fraction of sp³-hybridized carbons (Fsp3) is 0. The largest absolute Gasteiger partial charge is 0.505 e. The summed E-state index contributed by atoms with van der Waals surface area (Å²) in [6.45, 7) is 0. The predicted octanol–water partition coefficient (Wildman–Crippen LogP) is 4.59. The molecular weight excluding hydrogens is 334 g/mol. The van der Waals surface area contributed by atoms with Crippen LogP contribution in [0.4, 0.5) is 5.69 Å². The van der Waals surface area contributed by atoms with Crippen molar-refractivity contribution in [2.75, 3.05) is 5.32 Å². The van der Waals surface area contributed by atoms with Gasteiger partial charge in [0.05, 0.1) is 15.1 Å². The molecule has 19 heavy (non-hydrogen) atoms. The average Bonchev–Trinajstić information content (AvgIpc) is 2.66. The lowest BCUT2D eigenvalue weighted by molar-refractivity contribution is 0.102. The Labute approximate surface area is 128 Å². The first kappa shape index (κ1) is 14.3. The van der Waals surface area contributed by atoms with Crippen LogP contribution in [0.25, 0.3) is 0 Å². The van der Waals surface area contributed by atoms with Crippen molar-refractivity contribution in [3.8, 4) is 5.75 Å². The van der Waals surface area contributed by atoms with E-state index < -0.39 is 5.91 Å². The zero-order valence-electron chi connectivity index (χ0n) is 9.10. The van der Waals surface area contributed by atoms with Gasteiger partial charge in [-0.15, -0.1) is 0 Å². The number of hydrogen-bond acceptors (Lipinski definition) is 2. The minimum absolute atomic E-state index is 0.0327. The molecule has 0 spiro atoms. The molecule has 3 N–H and O–H groups in total. The fourth-order valence-corrected chi connectivity index (χ4v) is 2.16. The number of hydrogen-bond donors (Lipinski definition) is 3. The van der Waals surface area contributed by atoms with Gasteiger partial charge in [-0.05, 0) is 18.2 Å². The second-order valence-corrected chi connectivity index (χ2v) is 5.19. The average molecular weight is 340 g/mol. The van der Waals surface area contributed by atoms with Gasteiger partial charge in [-0.1, -0.05) is 46.4 Å². The number of halogens is 4. The number of carbonyl (C=O) groups is 1. The zero-order chi connectivity index (χ0) is 14.2. The number of phenols is 1. The summed E-state index contributed by atoms with van der Waals surface area (Å²) in [6.07, 6.45) is 0. The molecule has 2 rings (SSSR count). The smallest absolute Gasteiger partial charge is 0.272 e. The zero-order valence-corrected chi connectivity index (χ0v) is 12.1. The van der Waals surface area contributed by atoms with Gasteiger partial charge in [-0.25, -0.2) is 0 Å². The van der Waals surface area contributed by atoms with Crippen molar-refractivity contribution in [2.24, 2.45) is 0 Å². The summed E-state index contributed by atoms with van der Waals surface area (Å²) in [5.74, 6) is -0.709. The molecule has 0 saturated carbocycles. The summed E-state index contributed by atoms with van der Waals surface area (Å²) in [5, 5.41) is 12.4. The van der Waals surface area contributed by atoms with Crippen molar-refractivity contribution in [1.82, 2.24) is 4.98 Å². The molecule has 1 amide bonds. The topological polar surface area (TPSA) is 65.1 Å². The van der Waals surface area contributed by atoms with Gasteiger partial charge in [0.2, 0.25) is 0 Å². The molecule has 1 aromatic heterocycles. The lowest BCUT2D eigenvalue weighted by Gasteiger charge is -2.06. The Bertz CT molecular complexity index is 612. The van der Waals surface area contributed by atoms with E-state index in [-0.39, 0.29) is 31.7 Å². The molecule has 1 heterocycles. The van der Waals surface area contributed by atoms with Crippen LogP contribution < -0.4 is 5.32 Å². The summed E-state index contributed by atoms with van der Waals surface area (Å²) in [4.78, 5) is 14.5. The molecule has 0 bridgehead atoms. The highest BCUT2D eigenvalue weighted by atomic mass is 35.5. The summed E-state index contributed by atoms with van der Waals surface area (Å²) in [6, 6.07) is 4.13. The highest BCUT2D eigenvalue weighted by Crippen LogP contribution is 2.34. The number of H-pyrrole nitrogens is 1. The van der Waals surface area contributed by atoms with Crippen LogP contribution in [0.5, 0.6) is 5.75 Å². The molecule has 0 radical (unpaired) electrons. The molecule has 0 saturated heterocycles. The number of rotatable bonds is 2. The van der Waals surface area contributed by atoms with Crippen molar-refractivity contribution in [3.05, 3.63) is 44.1 Å². The van der Waals surface area contributed by atoms with E-state index in [1.807, 2.05) is 0 Å². The maximum Gasteiger partial charge on any atom is 0.272 e. The van der Waals surface area contributed by atoms with Crippen molar-refractivity contribution in [1.29, 1.82) is 0 Å². The van der Waals surface area contributed by atoms with Gasteiger partial charge in [0.15, 0.2) is 5.75 Å². The maximum absolute atomic E-state index is 11.9. The van der Waals surface area contributed by atoms with E-state index in [1.54, 1.807) is 0 Å². The monoisotopic (exact) mass is 338 g/mol. The van der Waals surface area contributed by atoms with Gasteiger partial charge >= 0.3 is 0 Å². The Morgan fingerprint density at radius 1 is 1.05 bits per heavy atom. The lowest BCUT2D eigenvalue weighted by atomic mass is 10.3. The van der Waals surface area contributed by atoms with E-state index in [0.717, 1.165) is 0 Å². The first-order valence-electron chi connectivity index (χ1n) is 4.92. The maximum atomic E-state index is 11.9. The van der Waals surface area contributed by atoms with Gasteiger partial charge in [0.25, 0.3) is 5.91 Å². The second kappa shape index (κ2) is 5.51. The lowest BCUT2D eigenvalue weighted by Crippen LogP contribution is -2.12. The third kappa shape index (κ3) is 3.09. The standard InChI is InChI=1S/C11H6Cl4N2O2/c12-5-1-4(2-6(13)9(5)18)16-11(19)8-3-7(14)10(15)17-8/h1-3,17-18H,(H,16,19). The molecule has 4 nitrogen and oxygen atoms in total. The Morgan fingerprint density at radius 2 is 1.63 bits per heavy atom. The minimum Gasteiger partial charge on any atom is -0.505 e. The van der Waals surface area contributed by atoms with E-state index in [2.05, 4.69) is 10.3 Å². The third-order valence-electron chi connectivity index (χ3n) is 2.24. The molecule has 0 unspecified atom stereocenters. The molecule has 2 aromatic rings. The number of carbonyl (C=O) groups excluding carboxylic acids is 1. The molecule has 0 aliphatic heterocycles. The Kier molecular flexibility index (Phi) is 4.16. The number of benzene rings is 1. The van der Waals surface area contributed by atoms with Crippen LogP contribution in [-0.2, 0) is 0 Å². The van der Waals surface area contributed by atoms with E-state index in [9.17, 15) is 9.90 Å². The number of aromatic amines is 1. The van der Waals surface area contributed by atoms with Gasteiger partial charge < -0.3 is 15.4 Å². The SMILES string of the molecule is O=C(Nc1cc(Cl)c(O)c(Cl)c1)c1cc(Cl)c(Cl)[nH]1. The van der Waals surface area contributed by atoms with E-state index in [1.165, 1.54) is 18.2 Å². The number of nitrogens with one attached hydrogen (secondary N) is 2. The number of anilines is 1.